The Bertz CT molecular complexity index is 1800. The summed E-state index contributed by atoms with van der Waals surface area (Å²) in [7, 11) is -4.13. The first-order chi connectivity index (χ1) is 19.4. The Labute approximate surface area is 239 Å². The van der Waals surface area contributed by atoms with Crippen LogP contribution in [0.4, 0.5) is 5.69 Å². The van der Waals surface area contributed by atoms with E-state index in [0.717, 1.165) is 4.31 Å². The second-order valence-corrected chi connectivity index (χ2v) is 13.6. The molecular formula is C28H27N3O8S2. The van der Waals surface area contributed by atoms with Gasteiger partial charge in [0.05, 0.1) is 10.5 Å². The highest BCUT2D eigenvalue weighted by Crippen LogP contribution is 2.39. The smallest absolute Gasteiger partial charge is 0.308 e. The van der Waals surface area contributed by atoms with Gasteiger partial charge in [-0.05, 0) is 56.3 Å². The molecule has 2 heterocycles. The summed E-state index contributed by atoms with van der Waals surface area (Å²) in [6.45, 7) is 4.87. The van der Waals surface area contributed by atoms with Gasteiger partial charge in [-0.25, -0.2) is 13.9 Å². The van der Waals surface area contributed by atoms with Gasteiger partial charge in [-0.2, -0.15) is 16.1 Å². The van der Waals surface area contributed by atoms with Crippen LogP contribution >= 0.6 is 11.8 Å². The third-order valence-electron chi connectivity index (χ3n) is 6.78. The van der Waals surface area contributed by atoms with Crippen LogP contribution < -0.4 is 15.5 Å². The van der Waals surface area contributed by atoms with Gasteiger partial charge >= 0.3 is 5.97 Å². The SMILES string of the molecule is CC(=O)Oc1ccccc1C(=O)Nc1ccc2c(c1)oc1ccc(S(=O)(=O)N3CCSC(C)(C)C3C(=O)NO)cc12. The highest BCUT2D eigenvalue weighted by molar-refractivity contribution is 8.01. The van der Waals surface area contributed by atoms with Crippen molar-refractivity contribution in [1.82, 2.24) is 9.79 Å². The average molecular weight is 598 g/mol. The van der Waals surface area contributed by atoms with Crippen LogP contribution in [0.25, 0.3) is 21.9 Å². The number of thioether (sulfide) groups is 1. The number of rotatable bonds is 6. The molecule has 1 unspecified atom stereocenters. The van der Waals surface area contributed by atoms with Crippen molar-refractivity contribution in [2.24, 2.45) is 0 Å². The number of esters is 1. The van der Waals surface area contributed by atoms with Crippen LogP contribution in [0.5, 0.6) is 5.75 Å². The lowest BCUT2D eigenvalue weighted by Crippen LogP contribution is -2.61. The van der Waals surface area contributed by atoms with E-state index in [1.54, 1.807) is 55.7 Å². The summed E-state index contributed by atoms with van der Waals surface area (Å²) in [5.41, 5.74) is 3.04. The summed E-state index contributed by atoms with van der Waals surface area (Å²) >= 11 is 1.46. The summed E-state index contributed by atoms with van der Waals surface area (Å²) in [4.78, 5) is 36.8. The Hall–Kier alpha value is -3.91. The van der Waals surface area contributed by atoms with Crippen molar-refractivity contribution in [2.45, 2.75) is 36.5 Å². The van der Waals surface area contributed by atoms with E-state index in [0.29, 0.717) is 33.4 Å². The first kappa shape index (κ1) is 28.6. The number of benzene rings is 3. The molecule has 3 aromatic carbocycles. The van der Waals surface area contributed by atoms with Crippen LogP contribution in [0.2, 0.25) is 0 Å². The lowest BCUT2D eigenvalue weighted by Gasteiger charge is -2.43. The zero-order valence-electron chi connectivity index (χ0n) is 22.3. The number of ether oxygens (including phenoxy) is 1. The molecule has 214 valence electrons. The molecule has 0 spiro atoms. The molecule has 3 N–H and O–H groups in total. The van der Waals surface area contributed by atoms with E-state index in [-0.39, 0.29) is 22.8 Å². The molecule has 13 heteroatoms. The maximum absolute atomic E-state index is 13.8. The summed E-state index contributed by atoms with van der Waals surface area (Å²) in [5, 5.41) is 13.2. The number of hydrogen-bond acceptors (Lipinski definition) is 9. The Morgan fingerprint density at radius 3 is 2.54 bits per heavy atom. The van der Waals surface area contributed by atoms with Crippen molar-refractivity contribution in [3.63, 3.8) is 0 Å². The predicted molar refractivity (Wildman–Crippen MR) is 154 cm³/mol. The maximum atomic E-state index is 13.8. The maximum Gasteiger partial charge on any atom is 0.308 e. The minimum Gasteiger partial charge on any atom is -0.456 e. The lowest BCUT2D eigenvalue weighted by molar-refractivity contribution is -0.134. The second kappa shape index (κ2) is 10.8. The molecule has 1 aromatic heterocycles. The van der Waals surface area contributed by atoms with Crippen LogP contribution in [-0.2, 0) is 19.6 Å². The minimum absolute atomic E-state index is 0.0226. The Balaban J connectivity index is 1.47. The number of furan rings is 1. The van der Waals surface area contributed by atoms with Gasteiger partial charge in [0.2, 0.25) is 10.0 Å². The minimum atomic E-state index is -4.13. The van der Waals surface area contributed by atoms with Gasteiger partial charge in [-0.3, -0.25) is 19.6 Å². The van der Waals surface area contributed by atoms with Crippen molar-refractivity contribution < 1.29 is 37.2 Å². The Morgan fingerprint density at radius 2 is 1.80 bits per heavy atom. The largest absolute Gasteiger partial charge is 0.456 e. The van der Waals surface area contributed by atoms with Crippen molar-refractivity contribution in [1.29, 1.82) is 0 Å². The summed E-state index contributed by atoms with van der Waals surface area (Å²) in [5.74, 6) is -1.23. The number of carbonyl (C=O) groups is 3. The molecule has 1 atom stereocenters. The number of carbonyl (C=O) groups excluding carboxylic acids is 3. The van der Waals surface area contributed by atoms with Crippen molar-refractivity contribution >= 4 is 67.2 Å². The van der Waals surface area contributed by atoms with E-state index < -0.39 is 38.6 Å². The quantitative estimate of drug-likeness (QED) is 0.129. The molecule has 4 aromatic rings. The van der Waals surface area contributed by atoms with Crippen LogP contribution in [0.1, 0.15) is 31.1 Å². The molecule has 0 bridgehead atoms. The number of hydroxylamine groups is 1. The first-order valence-corrected chi connectivity index (χ1v) is 15.0. The van der Waals surface area contributed by atoms with E-state index in [1.807, 2.05) is 0 Å². The number of hydrogen-bond donors (Lipinski definition) is 3. The van der Waals surface area contributed by atoms with Gasteiger partial charge in [0.25, 0.3) is 11.8 Å². The van der Waals surface area contributed by atoms with E-state index >= 15 is 0 Å². The third-order valence-corrected chi connectivity index (χ3v) is 10.00. The van der Waals surface area contributed by atoms with Gasteiger partial charge in [0.15, 0.2) is 0 Å². The topological polar surface area (TPSA) is 155 Å². The zero-order valence-corrected chi connectivity index (χ0v) is 24.0. The first-order valence-electron chi connectivity index (χ1n) is 12.6. The molecule has 0 saturated carbocycles. The number of fused-ring (bicyclic) bond motifs is 3. The average Bonchev–Trinajstić information content (AvgIpc) is 3.29. The Kier molecular flexibility index (Phi) is 7.55. The fourth-order valence-corrected chi connectivity index (χ4v) is 8.08. The van der Waals surface area contributed by atoms with Gasteiger partial charge in [-0.1, -0.05) is 12.1 Å². The second-order valence-electron chi connectivity index (χ2n) is 9.96. The third kappa shape index (κ3) is 5.40. The number of anilines is 1. The van der Waals surface area contributed by atoms with E-state index in [4.69, 9.17) is 9.15 Å². The fraction of sp³-hybridized carbons (Fsp3) is 0.250. The predicted octanol–water partition coefficient (Wildman–Crippen LogP) is 4.15. The van der Waals surface area contributed by atoms with Gasteiger partial charge in [-0.15, -0.1) is 0 Å². The van der Waals surface area contributed by atoms with Crippen molar-refractivity contribution in [3.05, 3.63) is 66.2 Å². The number of sulfonamides is 1. The van der Waals surface area contributed by atoms with Gasteiger partial charge in [0.1, 0.15) is 23.0 Å². The molecule has 11 nitrogen and oxygen atoms in total. The molecule has 2 amide bonds. The molecule has 5 rings (SSSR count). The molecule has 41 heavy (non-hydrogen) atoms. The molecule has 1 aliphatic heterocycles. The highest BCUT2D eigenvalue weighted by Gasteiger charge is 2.48. The van der Waals surface area contributed by atoms with E-state index in [1.165, 1.54) is 43.0 Å². The summed E-state index contributed by atoms with van der Waals surface area (Å²) < 4.78 is 38.9. The molecule has 1 saturated heterocycles. The molecule has 1 aliphatic rings. The monoisotopic (exact) mass is 597 g/mol. The zero-order chi connectivity index (χ0) is 29.5. The number of para-hydroxylation sites is 1. The normalized spacial score (nSPS) is 17.3. The number of nitrogens with zero attached hydrogens (tertiary/aromatic N) is 1. The van der Waals surface area contributed by atoms with Crippen LogP contribution in [-0.4, -0.2) is 58.8 Å². The van der Waals surface area contributed by atoms with Gasteiger partial charge in [0, 0.05) is 46.5 Å². The van der Waals surface area contributed by atoms with Crippen LogP contribution in [0.3, 0.4) is 0 Å². The highest BCUT2D eigenvalue weighted by atomic mass is 32.2. The van der Waals surface area contributed by atoms with Gasteiger partial charge < -0.3 is 14.5 Å². The molecule has 0 aliphatic carbocycles. The lowest BCUT2D eigenvalue weighted by atomic mass is 10.0. The fourth-order valence-electron chi connectivity index (χ4n) is 4.95. The molecule has 1 fully saturated rings. The number of amides is 2. The van der Waals surface area contributed by atoms with E-state index in [2.05, 4.69) is 5.32 Å². The number of nitrogens with one attached hydrogen (secondary N) is 2. The standard InChI is InChI=1S/C28H27N3O8S2/c1-16(32)38-22-7-5-4-6-20(22)26(33)29-17-8-10-19-21-15-18(9-11-23(21)39-24(19)14-17)41(36,37)31-12-13-40-28(2,3)25(31)27(34)30-35/h4-11,14-15,25,35H,12-13H2,1-3H3,(H,29,33)(H,30,34). The van der Waals surface area contributed by atoms with Crippen LogP contribution in [0, 0.1) is 0 Å². The molecular weight excluding hydrogens is 570 g/mol. The van der Waals surface area contributed by atoms with Crippen LogP contribution in [0.15, 0.2) is 70.0 Å². The molecule has 0 radical (unpaired) electrons. The van der Waals surface area contributed by atoms with Crippen molar-refractivity contribution in [2.75, 3.05) is 17.6 Å². The summed E-state index contributed by atoms with van der Waals surface area (Å²) in [6.07, 6.45) is 0. The van der Waals surface area contributed by atoms with E-state index in [9.17, 15) is 28.0 Å². The van der Waals surface area contributed by atoms with Crippen molar-refractivity contribution in [3.8, 4) is 5.75 Å². The summed E-state index contributed by atoms with van der Waals surface area (Å²) in [6, 6.07) is 14.6. The Morgan fingerprint density at radius 1 is 1.05 bits per heavy atom.